The van der Waals surface area contributed by atoms with E-state index < -0.39 is 0 Å². The smallest absolute Gasteiger partial charge is 0.136 e. The standard InChI is InChI=1S/C64H40N2OS/c1-2-21-48-41(15-1)16-13-26-49(48)42-33-35-45(36-34-42)65(46-19-11-17-43(39-46)50-27-14-31-60-62(50)54-24-5-9-30-59(54)67-60)58-38-37-51(64-63(58)55-25-6-10-32-61(55)68-64)44-18-12-20-47(40-44)66-56-28-7-3-22-52(56)53-23-4-8-29-57(53)66/h1-40H. The lowest BCUT2D eigenvalue weighted by atomic mass is 9.97. The molecule has 14 aromatic rings. The maximum Gasteiger partial charge on any atom is 0.136 e. The predicted octanol–water partition coefficient (Wildman–Crippen LogP) is 18.7. The van der Waals surface area contributed by atoms with E-state index in [1.165, 1.54) is 75.0 Å². The number of nitrogens with zero attached hydrogens (tertiary/aromatic N) is 2. The van der Waals surface area contributed by atoms with E-state index in [0.29, 0.717) is 0 Å². The molecule has 0 fully saturated rings. The number of fused-ring (bicyclic) bond motifs is 10. The van der Waals surface area contributed by atoms with Crippen molar-refractivity contribution in [2.45, 2.75) is 0 Å². The number of rotatable bonds is 7. The van der Waals surface area contributed by atoms with Gasteiger partial charge in [-0.3, -0.25) is 0 Å². The van der Waals surface area contributed by atoms with Crippen LogP contribution in [0.4, 0.5) is 17.1 Å². The molecule has 3 heterocycles. The molecule has 3 nitrogen and oxygen atoms in total. The monoisotopic (exact) mass is 884 g/mol. The molecule has 0 saturated heterocycles. The van der Waals surface area contributed by atoms with Crippen LogP contribution in [0.1, 0.15) is 0 Å². The quantitative estimate of drug-likeness (QED) is 0.159. The third-order valence-corrected chi connectivity index (χ3v) is 15.0. The lowest BCUT2D eigenvalue weighted by Crippen LogP contribution is -2.10. The summed E-state index contributed by atoms with van der Waals surface area (Å²) in [7, 11) is 0. The van der Waals surface area contributed by atoms with Crippen LogP contribution in [0.3, 0.4) is 0 Å². The van der Waals surface area contributed by atoms with Crippen molar-refractivity contribution in [2.75, 3.05) is 4.90 Å². The highest BCUT2D eigenvalue weighted by atomic mass is 32.1. The van der Waals surface area contributed by atoms with Crippen LogP contribution < -0.4 is 4.90 Å². The molecule has 0 aliphatic heterocycles. The van der Waals surface area contributed by atoms with Crippen LogP contribution in [-0.4, -0.2) is 4.57 Å². The van der Waals surface area contributed by atoms with Crippen molar-refractivity contribution in [3.05, 3.63) is 243 Å². The average Bonchev–Trinajstić information content (AvgIpc) is 4.09. The molecule has 14 rings (SSSR count). The van der Waals surface area contributed by atoms with Crippen LogP contribution in [-0.2, 0) is 0 Å². The summed E-state index contributed by atoms with van der Waals surface area (Å²) in [5.74, 6) is 0. The highest BCUT2D eigenvalue weighted by molar-refractivity contribution is 7.26. The Hall–Kier alpha value is -8.70. The fourth-order valence-corrected chi connectivity index (χ4v) is 12.0. The van der Waals surface area contributed by atoms with Crippen molar-refractivity contribution < 1.29 is 4.42 Å². The van der Waals surface area contributed by atoms with Gasteiger partial charge in [0.1, 0.15) is 11.2 Å². The molecule has 3 aromatic heterocycles. The summed E-state index contributed by atoms with van der Waals surface area (Å²) in [5.41, 5.74) is 15.7. The van der Waals surface area contributed by atoms with E-state index in [0.717, 1.165) is 55.8 Å². The Morgan fingerprint density at radius 3 is 1.81 bits per heavy atom. The molecule has 0 aliphatic rings. The van der Waals surface area contributed by atoms with Gasteiger partial charge >= 0.3 is 0 Å². The molecule has 0 unspecified atom stereocenters. The maximum atomic E-state index is 6.39. The van der Waals surface area contributed by atoms with E-state index in [1.54, 1.807) is 0 Å². The minimum absolute atomic E-state index is 0.888. The summed E-state index contributed by atoms with van der Waals surface area (Å²) in [6.07, 6.45) is 0. The number of furan rings is 1. The first-order chi connectivity index (χ1) is 33.7. The number of benzene rings is 11. The zero-order valence-corrected chi connectivity index (χ0v) is 37.6. The summed E-state index contributed by atoms with van der Waals surface area (Å²) in [6.45, 7) is 0. The highest BCUT2D eigenvalue weighted by Crippen LogP contribution is 2.50. The largest absolute Gasteiger partial charge is 0.456 e. The number of para-hydroxylation sites is 3. The summed E-state index contributed by atoms with van der Waals surface area (Å²) in [6, 6.07) is 88.3. The first kappa shape index (κ1) is 38.6. The number of hydrogen-bond donors (Lipinski definition) is 0. The van der Waals surface area contributed by atoms with E-state index in [1.807, 2.05) is 17.4 Å². The van der Waals surface area contributed by atoms with E-state index in [4.69, 9.17) is 4.42 Å². The Morgan fingerprint density at radius 2 is 0.985 bits per heavy atom. The van der Waals surface area contributed by atoms with Crippen molar-refractivity contribution in [3.63, 3.8) is 0 Å². The van der Waals surface area contributed by atoms with E-state index in [2.05, 4.69) is 246 Å². The second kappa shape index (κ2) is 15.5. The number of anilines is 3. The van der Waals surface area contributed by atoms with Crippen LogP contribution in [0.2, 0.25) is 0 Å². The predicted molar refractivity (Wildman–Crippen MR) is 289 cm³/mol. The number of thiophene rings is 1. The van der Waals surface area contributed by atoms with E-state index in [9.17, 15) is 0 Å². The molecule has 0 spiro atoms. The van der Waals surface area contributed by atoms with Gasteiger partial charge in [-0.1, -0.05) is 170 Å². The molecule has 4 heteroatoms. The average molecular weight is 885 g/mol. The summed E-state index contributed by atoms with van der Waals surface area (Å²) in [4.78, 5) is 2.46. The van der Waals surface area contributed by atoms with Crippen LogP contribution in [0.5, 0.6) is 0 Å². The van der Waals surface area contributed by atoms with Crippen LogP contribution >= 0.6 is 11.3 Å². The molecule has 0 N–H and O–H groups in total. The zero-order valence-electron chi connectivity index (χ0n) is 36.8. The second-order valence-corrected chi connectivity index (χ2v) is 18.6. The Morgan fingerprint density at radius 1 is 0.368 bits per heavy atom. The summed E-state index contributed by atoms with van der Waals surface area (Å²) >= 11 is 1.87. The first-order valence-electron chi connectivity index (χ1n) is 23.2. The maximum absolute atomic E-state index is 6.39. The van der Waals surface area contributed by atoms with Crippen LogP contribution in [0.25, 0.3) is 114 Å². The molecule has 0 radical (unpaired) electrons. The number of hydrogen-bond acceptors (Lipinski definition) is 3. The van der Waals surface area contributed by atoms with Gasteiger partial charge in [-0.15, -0.1) is 11.3 Å². The molecule has 11 aromatic carbocycles. The molecular formula is C64H40N2OS. The third-order valence-electron chi connectivity index (χ3n) is 13.8. The Balaban J connectivity index is 0.981. The molecule has 318 valence electrons. The van der Waals surface area contributed by atoms with Gasteiger partial charge in [0.15, 0.2) is 0 Å². The second-order valence-electron chi connectivity index (χ2n) is 17.6. The third kappa shape index (κ3) is 6.05. The van der Waals surface area contributed by atoms with Gasteiger partial charge in [-0.2, -0.15) is 0 Å². The van der Waals surface area contributed by atoms with E-state index in [-0.39, 0.29) is 0 Å². The topological polar surface area (TPSA) is 21.3 Å². The van der Waals surface area contributed by atoms with Crippen molar-refractivity contribution in [2.24, 2.45) is 0 Å². The van der Waals surface area contributed by atoms with Gasteiger partial charge in [0.05, 0.1) is 16.7 Å². The normalized spacial score (nSPS) is 11.8. The fourth-order valence-electron chi connectivity index (χ4n) is 10.8. The van der Waals surface area contributed by atoms with Crippen molar-refractivity contribution in [1.82, 2.24) is 4.57 Å². The minimum Gasteiger partial charge on any atom is -0.456 e. The van der Waals surface area contributed by atoms with Crippen LogP contribution in [0, 0.1) is 0 Å². The molecule has 0 aliphatic carbocycles. The van der Waals surface area contributed by atoms with Gasteiger partial charge in [-0.05, 0) is 117 Å². The van der Waals surface area contributed by atoms with Gasteiger partial charge in [0, 0.05) is 58.8 Å². The van der Waals surface area contributed by atoms with Gasteiger partial charge in [0.25, 0.3) is 0 Å². The van der Waals surface area contributed by atoms with Gasteiger partial charge < -0.3 is 13.9 Å². The molecule has 0 bridgehead atoms. The Bertz CT molecular complexity index is 4230. The fraction of sp³-hybridized carbons (Fsp3) is 0. The SMILES string of the molecule is c1cc(-c2cccc3oc4ccccc4c23)cc(N(c2ccc(-c3cccc4ccccc34)cc2)c2ccc(-c3cccc(-n4c5ccccc5c5ccccc54)c3)c3sc4ccccc4c23)c1. The lowest BCUT2D eigenvalue weighted by Gasteiger charge is -2.28. The first-order valence-corrected chi connectivity index (χ1v) is 24.0. The van der Waals surface area contributed by atoms with E-state index >= 15 is 0 Å². The highest BCUT2D eigenvalue weighted by Gasteiger charge is 2.23. The van der Waals surface area contributed by atoms with Crippen molar-refractivity contribution in [3.8, 4) is 39.1 Å². The Labute approximate surface area is 396 Å². The molecule has 68 heavy (non-hydrogen) atoms. The molecule has 0 saturated carbocycles. The summed E-state index contributed by atoms with van der Waals surface area (Å²) < 4.78 is 11.3. The summed E-state index contributed by atoms with van der Waals surface area (Å²) in [5, 5.41) is 9.72. The zero-order chi connectivity index (χ0) is 44.7. The van der Waals surface area contributed by atoms with Gasteiger partial charge in [-0.25, -0.2) is 0 Å². The molecule has 0 atom stereocenters. The lowest BCUT2D eigenvalue weighted by molar-refractivity contribution is 0.669. The van der Waals surface area contributed by atoms with Crippen molar-refractivity contribution >= 4 is 103 Å². The van der Waals surface area contributed by atoms with Gasteiger partial charge in [0.2, 0.25) is 0 Å². The number of aromatic nitrogens is 1. The van der Waals surface area contributed by atoms with Crippen molar-refractivity contribution in [1.29, 1.82) is 0 Å². The molecular weight excluding hydrogens is 845 g/mol. The van der Waals surface area contributed by atoms with Crippen LogP contribution in [0.15, 0.2) is 247 Å². The minimum atomic E-state index is 0.888. The molecule has 0 amide bonds. The Kier molecular flexibility index (Phi) is 8.76.